The Kier molecular flexibility index (Phi) is 8.35. The molecule has 2 heterocycles. The number of piperidine rings is 1. The summed E-state index contributed by atoms with van der Waals surface area (Å²) in [6, 6.07) is -3.60. The van der Waals surface area contributed by atoms with E-state index in [9.17, 15) is 61.5 Å². The smallest absolute Gasteiger partial charge is 0.373 e. The Bertz CT molecular complexity index is 661. The lowest BCUT2D eigenvalue weighted by molar-refractivity contribution is -0.302. The maximum absolute atomic E-state index is 14.8. The van der Waals surface area contributed by atoms with Crippen molar-refractivity contribution in [2.24, 2.45) is 5.92 Å². The SMILES string of the molecule is FC(C(F)(F)F)C(F)(F)CC1COC(C(F)(F)C(N2CCC(C(F)(F)F)CC2)C(F)(F)F)CO1. The minimum atomic E-state index is -5.94. The number of likely N-dealkylation sites (tertiary alicyclic amines) is 1. The van der Waals surface area contributed by atoms with E-state index in [0.29, 0.717) is 0 Å². The van der Waals surface area contributed by atoms with Gasteiger partial charge in [-0.25, -0.2) is 22.0 Å². The second kappa shape index (κ2) is 9.75. The highest BCUT2D eigenvalue weighted by molar-refractivity contribution is 4.99. The molecule has 4 unspecified atom stereocenters. The number of hydrogen-bond donors (Lipinski definition) is 0. The van der Waals surface area contributed by atoms with Crippen LogP contribution in [0.4, 0.5) is 61.5 Å². The molecule has 2 saturated heterocycles. The van der Waals surface area contributed by atoms with Crippen LogP contribution in [0, 0.1) is 5.92 Å². The molecule has 0 spiro atoms. The standard InChI is InChI=1S/C17H19F14NO2/c18-11(16(26,27)28)13(19,20)5-9-6-34-10(7-33-9)14(21,22)12(17(29,30)31)32-3-1-8(2-4-32)15(23,24)25/h8-12H,1-7H2. The summed E-state index contributed by atoms with van der Waals surface area (Å²) in [7, 11) is 0. The fourth-order valence-corrected chi connectivity index (χ4v) is 3.86. The molecular weight excluding hydrogens is 516 g/mol. The molecular formula is C17H19F14NO2. The van der Waals surface area contributed by atoms with Gasteiger partial charge in [-0.3, -0.25) is 4.90 Å². The average Bonchev–Trinajstić information content (AvgIpc) is 2.65. The first-order chi connectivity index (χ1) is 15.2. The number of nitrogens with zero attached hydrogens (tertiary/aromatic N) is 1. The summed E-state index contributed by atoms with van der Waals surface area (Å²) >= 11 is 0. The van der Waals surface area contributed by atoms with Crippen LogP contribution in [-0.4, -0.2) is 86.0 Å². The van der Waals surface area contributed by atoms with Crippen molar-refractivity contribution in [3.8, 4) is 0 Å². The first-order valence-corrected chi connectivity index (χ1v) is 9.74. The molecule has 202 valence electrons. The molecule has 4 atom stereocenters. The second-order valence-corrected chi connectivity index (χ2v) is 8.12. The molecule has 2 aliphatic heterocycles. The molecule has 0 N–H and O–H groups in total. The van der Waals surface area contributed by atoms with Crippen LogP contribution in [-0.2, 0) is 9.47 Å². The van der Waals surface area contributed by atoms with Crippen LogP contribution in [0.2, 0.25) is 0 Å². The van der Waals surface area contributed by atoms with Gasteiger partial charge in [-0.05, 0) is 25.9 Å². The Hall–Kier alpha value is -1.10. The van der Waals surface area contributed by atoms with E-state index >= 15 is 0 Å². The lowest BCUT2D eigenvalue weighted by Gasteiger charge is -2.44. The molecule has 2 rings (SSSR count). The van der Waals surface area contributed by atoms with Crippen LogP contribution in [0.15, 0.2) is 0 Å². The third kappa shape index (κ3) is 6.77. The summed E-state index contributed by atoms with van der Waals surface area (Å²) in [4.78, 5) is 0.114. The Morgan fingerprint density at radius 3 is 1.65 bits per heavy atom. The van der Waals surface area contributed by atoms with E-state index in [1.807, 2.05) is 0 Å². The number of hydrogen-bond acceptors (Lipinski definition) is 3. The molecule has 2 aliphatic rings. The van der Waals surface area contributed by atoms with E-state index in [4.69, 9.17) is 0 Å². The lowest BCUT2D eigenvalue weighted by Crippen LogP contribution is -2.64. The zero-order chi connectivity index (χ0) is 26.3. The first-order valence-electron chi connectivity index (χ1n) is 9.74. The van der Waals surface area contributed by atoms with Crippen LogP contribution in [0.25, 0.3) is 0 Å². The normalized spacial score (nSPS) is 27.0. The van der Waals surface area contributed by atoms with Gasteiger partial charge in [-0.1, -0.05) is 0 Å². The van der Waals surface area contributed by atoms with Crippen LogP contribution in [0.5, 0.6) is 0 Å². The third-order valence-electron chi connectivity index (χ3n) is 5.59. The van der Waals surface area contributed by atoms with E-state index in [1.54, 1.807) is 0 Å². The van der Waals surface area contributed by atoms with Crippen molar-refractivity contribution in [3.05, 3.63) is 0 Å². The summed E-state index contributed by atoms with van der Waals surface area (Å²) in [5, 5.41) is 0. The minimum Gasteiger partial charge on any atom is -0.373 e. The summed E-state index contributed by atoms with van der Waals surface area (Å²) < 4.78 is 194. The Labute approximate surface area is 183 Å². The van der Waals surface area contributed by atoms with Crippen LogP contribution < -0.4 is 0 Å². The molecule has 0 aromatic rings. The lowest BCUT2D eigenvalue weighted by atomic mass is 9.92. The maximum Gasteiger partial charge on any atom is 0.425 e. The highest BCUT2D eigenvalue weighted by atomic mass is 19.4. The molecule has 2 fully saturated rings. The van der Waals surface area contributed by atoms with Gasteiger partial charge in [0.05, 0.1) is 25.2 Å². The maximum atomic E-state index is 14.8. The van der Waals surface area contributed by atoms with Crippen molar-refractivity contribution in [2.75, 3.05) is 26.3 Å². The van der Waals surface area contributed by atoms with Gasteiger partial charge in [0.1, 0.15) is 6.10 Å². The predicted molar refractivity (Wildman–Crippen MR) is 85.1 cm³/mol. The molecule has 0 amide bonds. The number of rotatable bonds is 6. The molecule has 0 saturated carbocycles. The van der Waals surface area contributed by atoms with Crippen LogP contribution in [0.1, 0.15) is 19.3 Å². The number of halogens is 14. The van der Waals surface area contributed by atoms with E-state index in [2.05, 4.69) is 9.47 Å². The van der Waals surface area contributed by atoms with E-state index in [0.717, 1.165) is 0 Å². The Morgan fingerprint density at radius 1 is 0.735 bits per heavy atom. The van der Waals surface area contributed by atoms with Gasteiger partial charge in [0.15, 0.2) is 6.04 Å². The summed E-state index contributed by atoms with van der Waals surface area (Å²) in [5.74, 6) is -11.8. The highest BCUT2D eigenvalue weighted by Crippen LogP contribution is 2.44. The van der Waals surface area contributed by atoms with Crippen LogP contribution >= 0.6 is 0 Å². The summed E-state index contributed by atoms with van der Waals surface area (Å²) in [6.07, 6.45) is -29.3. The molecule has 0 aromatic heterocycles. The van der Waals surface area contributed by atoms with Gasteiger partial charge in [-0.15, -0.1) is 0 Å². The highest BCUT2D eigenvalue weighted by Gasteiger charge is 2.64. The number of ether oxygens (including phenoxy) is 2. The quantitative estimate of drug-likeness (QED) is 0.418. The summed E-state index contributed by atoms with van der Waals surface area (Å²) in [5.41, 5.74) is 0. The van der Waals surface area contributed by atoms with Crippen molar-refractivity contribution in [2.45, 2.75) is 74.1 Å². The van der Waals surface area contributed by atoms with Gasteiger partial charge >= 0.3 is 18.5 Å². The topological polar surface area (TPSA) is 21.7 Å². The van der Waals surface area contributed by atoms with Crippen molar-refractivity contribution < 1.29 is 70.9 Å². The second-order valence-electron chi connectivity index (χ2n) is 8.12. The molecule has 0 radical (unpaired) electrons. The van der Waals surface area contributed by atoms with Crippen LogP contribution in [0.3, 0.4) is 0 Å². The van der Waals surface area contributed by atoms with Crippen molar-refractivity contribution in [3.63, 3.8) is 0 Å². The van der Waals surface area contributed by atoms with E-state index in [1.165, 1.54) is 0 Å². The first kappa shape index (κ1) is 29.1. The fraction of sp³-hybridized carbons (Fsp3) is 1.00. The molecule has 0 bridgehead atoms. The van der Waals surface area contributed by atoms with Gasteiger partial charge in [0, 0.05) is 6.42 Å². The Balaban J connectivity index is 2.07. The average molecular weight is 535 g/mol. The minimum absolute atomic E-state index is 0.114. The van der Waals surface area contributed by atoms with Crippen molar-refractivity contribution in [1.82, 2.24) is 4.90 Å². The molecule has 34 heavy (non-hydrogen) atoms. The zero-order valence-electron chi connectivity index (χ0n) is 16.9. The van der Waals surface area contributed by atoms with Crippen molar-refractivity contribution >= 4 is 0 Å². The molecule has 3 nitrogen and oxygen atoms in total. The zero-order valence-corrected chi connectivity index (χ0v) is 16.9. The molecule has 0 aromatic carbocycles. The Morgan fingerprint density at radius 2 is 1.26 bits per heavy atom. The van der Waals surface area contributed by atoms with Gasteiger partial charge in [0.25, 0.3) is 18.0 Å². The molecule has 17 heteroatoms. The predicted octanol–water partition coefficient (Wildman–Crippen LogP) is 5.54. The van der Waals surface area contributed by atoms with Gasteiger partial charge < -0.3 is 9.47 Å². The monoisotopic (exact) mass is 535 g/mol. The largest absolute Gasteiger partial charge is 0.425 e. The molecule has 0 aliphatic carbocycles. The van der Waals surface area contributed by atoms with E-state index in [-0.39, 0.29) is 4.90 Å². The van der Waals surface area contributed by atoms with Crippen molar-refractivity contribution in [1.29, 1.82) is 0 Å². The third-order valence-corrected chi connectivity index (χ3v) is 5.59. The number of alkyl halides is 14. The summed E-state index contributed by atoms with van der Waals surface area (Å²) in [6.45, 7) is -4.69. The van der Waals surface area contributed by atoms with Gasteiger partial charge in [0.2, 0.25) is 0 Å². The van der Waals surface area contributed by atoms with Gasteiger partial charge in [-0.2, -0.15) is 39.5 Å². The van der Waals surface area contributed by atoms with E-state index < -0.39 is 106 Å². The fourth-order valence-electron chi connectivity index (χ4n) is 3.86.